The van der Waals surface area contributed by atoms with E-state index in [9.17, 15) is 13.2 Å². The van der Waals surface area contributed by atoms with Gasteiger partial charge < -0.3 is 4.90 Å². The molecular formula is C25H26ClF3N4. The maximum absolute atomic E-state index is 13.7. The van der Waals surface area contributed by atoms with Crippen LogP contribution >= 0.6 is 11.6 Å². The highest BCUT2D eigenvalue weighted by molar-refractivity contribution is 6.28. The quantitative estimate of drug-likeness (QED) is 0.518. The second-order valence-electron chi connectivity index (χ2n) is 9.17. The minimum absolute atomic E-state index is 0.0479. The zero-order chi connectivity index (χ0) is 23.2. The highest BCUT2D eigenvalue weighted by Gasteiger charge is 2.46. The van der Waals surface area contributed by atoms with Crippen LogP contribution in [0.5, 0.6) is 0 Å². The van der Waals surface area contributed by atoms with Gasteiger partial charge in [-0.15, -0.1) is 0 Å². The Balaban J connectivity index is 1.51. The molecule has 0 saturated carbocycles. The number of nitrogens with zero attached hydrogens (tertiary/aromatic N) is 4. The van der Waals surface area contributed by atoms with Gasteiger partial charge in [0.1, 0.15) is 11.6 Å². The van der Waals surface area contributed by atoms with E-state index in [1.165, 1.54) is 23.3 Å². The second kappa shape index (κ2) is 8.76. The first-order chi connectivity index (χ1) is 15.8. The van der Waals surface area contributed by atoms with Crippen molar-refractivity contribution < 1.29 is 13.2 Å². The van der Waals surface area contributed by atoms with E-state index in [2.05, 4.69) is 33.9 Å². The Bertz CT molecular complexity index is 1110. The van der Waals surface area contributed by atoms with Crippen LogP contribution in [0.1, 0.15) is 48.9 Å². The summed E-state index contributed by atoms with van der Waals surface area (Å²) in [5, 5.41) is 0.0479. The summed E-state index contributed by atoms with van der Waals surface area (Å²) in [5.41, 5.74) is 5.30. The number of hydrogen-bond donors (Lipinski definition) is 0. The molecule has 1 saturated heterocycles. The lowest BCUT2D eigenvalue weighted by molar-refractivity contribution is -0.0269. The summed E-state index contributed by atoms with van der Waals surface area (Å²) in [6.45, 7) is 3.45. The molecule has 0 amide bonds. The molecule has 3 heterocycles. The average Bonchev–Trinajstić information content (AvgIpc) is 2.78. The number of halogens is 4. The fourth-order valence-corrected chi connectivity index (χ4v) is 5.14. The van der Waals surface area contributed by atoms with Crippen LogP contribution in [0, 0.1) is 5.82 Å². The third kappa shape index (κ3) is 4.66. The topological polar surface area (TPSA) is 32.3 Å². The lowest BCUT2D eigenvalue weighted by Crippen LogP contribution is -2.57. The lowest BCUT2D eigenvalue weighted by atomic mass is 9.87. The van der Waals surface area contributed by atoms with Crippen LogP contribution in [-0.4, -0.2) is 47.0 Å². The smallest absolute Gasteiger partial charge is 0.282 e. The summed E-state index contributed by atoms with van der Waals surface area (Å²) in [6.07, 6.45) is 7.58. The van der Waals surface area contributed by atoms with Gasteiger partial charge in [-0.2, -0.15) is 0 Å². The first-order valence-corrected chi connectivity index (χ1v) is 11.7. The van der Waals surface area contributed by atoms with Crippen molar-refractivity contribution in [2.24, 2.45) is 0 Å². The number of benzene rings is 1. The SMILES string of the molecule is CCC1=CC=C(CN2Cc3c(nc(Cl)nc3N3CC(F)(F)C3)C(c3ccc(F)cc3)C2)CC1. The van der Waals surface area contributed by atoms with Crippen LogP contribution in [0.15, 0.2) is 47.6 Å². The second-order valence-corrected chi connectivity index (χ2v) is 9.51. The largest absolute Gasteiger partial charge is 0.344 e. The van der Waals surface area contributed by atoms with Crippen molar-refractivity contribution in [1.82, 2.24) is 14.9 Å². The van der Waals surface area contributed by atoms with Gasteiger partial charge in [0.25, 0.3) is 5.92 Å². The van der Waals surface area contributed by atoms with Crippen LogP contribution in [0.3, 0.4) is 0 Å². The van der Waals surface area contributed by atoms with Gasteiger partial charge in [-0.05, 0) is 48.6 Å². The summed E-state index contributed by atoms with van der Waals surface area (Å²) in [5.74, 6) is -2.69. The van der Waals surface area contributed by atoms with E-state index in [0.717, 1.165) is 42.6 Å². The Morgan fingerprint density at radius 1 is 1.06 bits per heavy atom. The Hall–Kier alpha value is -2.38. The van der Waals surface area contributed by atoms with Gasteiger partial charge >= 0.3 is 0 Å². The third-order valence-corrected chi connectivity index (χ3v) is 6.93. The van der Waals surface area contributed by atoms with Crippen LogP contribution in [0.4, 0.5) is 19.0 Å². The molecule has 2 aliphatic heterocycles. The molecule has 5 rings (SSSR count). The van der Waals surface area contributed by atoms with Crippen molar-refractivity contribution >= 4 is 17.4 Å². The summed E-state index contributed by atoms with van der Waals surface area (Å²) in [4.78, 5) is 12.8. The van der Waals surface area contributed by atoms with Crippen molar-refractivity contribution in [2.75, 3.05) is 31.1 Å². The number of allylic oxidation sites excluding steroid dienone is 3. The van der Waals surface area contributed by atoms with E-state index in [4.69, 9.17) is 11.6 Å². The van der Waals surface area contributed by atoms with Crippen molar-refractivity contribution in [3.05, 3.63) is 75.5 Å². The molecule has 1 aromatic heterocycles. The molecular weight excluding hydrogens is 449 g/mol. The van der Waals surface area contributed by atoms with E-state index >= 15 is 0 Å². The maximum atomic E-state index is 13.7. The number of rotatable bonds is 5. The fourth-order valence-electron chi connectivity index (χ4n) is 4.97. The lowest BCUT2D eigenvalue weighted by Gasteiger charge is -2.43. The van der Waals surface area contributed by atoms with Crippen molar-refractivity contribution in [3.8, 4) is 0 Å². The molecule has 1 fully saturated rings. The summed E-state index contributed by atoms with van der Waals surface area (Å²) in [6, 6.07) is 6.40. The van der Waals surface area contributed by atoms with Crippen LogP contribution in [-0.2, 0) is 6.54 Å². The molecule has 1 aromatic carbocycles. The summed E-state index contributed by atoms with van der Waals surface area (Å²) in [7, 11) is 0. The number of hydrogen-bond acceptors (Lipinski definition) is 4. The van der Waals surface area contributed by atoms with E-state index in [0.29, 0.717) is 18.9 Å². The Morgan fingerprint density at radius 2 is 1.76 bits per heavy atom. The van der Waals surface area contributed by atoms with Gasteiger partial charge in [0.05, 0.1) is 18.8 Å². The van der Waals surface area contributed by atoms with E-state index in [1.54, 1.807) is 17.0 Å². The highest BCUT2D eigenvalue weighted by Crippen LogP contribution is 2.40. The molecule has 174 valence electrons. The molecule has 8 heteroatoms. The average molecular weight is 475 g/mol. The summed E-state index contributed by atoms with van der Waals surface area (Å²) >= 11 is 6.25. The molecule has 0 radical (unpaired) electrons. The van der Waals surface area contributed by atoms with Gasteiger partial charge in [-0.1, -0.05) is 42.4 Å². The molecule has 33 heavy (non-hydrogen) atoms. The van der Waals surface area contributed by atoms with Crippen LogP contribution in [0.2, 0.25) is 5.28 Å². The molecule has 3 aliphatic rings. The predicted octanol–water partition coefficient (Wildman–Crippen LogP) is 5.73. The molecule has 1 unspecified atom stereocenters. The minimum Gasteiger partial charge on any atom is -0.344 e. The molecule has 2 aromatic rings. The summed E-state index contributed by atoms with van der Waals surface area (Å²) < 4.78 is 40.9. The van der Waals surface area contributed by atoms with Gasteiger partial charge in [0.2, 0.25) is 5.28 Å². The molecule has 0 spiro atoms. The molecule has 1 atom stereocenters. The number of fused-ring (bicyclic) bond motifs is 1. The zero-order valence-corrected chi connectivity index (χ0v) is 19.3. The zero-order valence-electron chi connectivity index (χ0n) is 18.5. The first-order valence-electron chi connectivity index (χ1n) is 11.4. The number of anilines is 1. The van der Waals surface area contributed by atoms with Crippen LogP contribution < -0.4 is 4.90 Å². The monoisotopic (exact) mass is 474 g/mol. The molecule has 0 bridgehead atoms. The number of aromatic nitrogens is 2. The molecule has 1 aliphatic carbocycles. The van der Waals surface area contributed by atoms with E-state index < -0.39 is 5.92 Å². The Kier molecular flexibility index (Phi) is 5.95. The molecule has 4 nitrogen and oxygen atoms in total. The highest BCUT2D eigenvalue weighted by atomic mass is 35.5. The van der Waals surface area contributed by atoms with Crippen molar-refractivity contribution in [1.29, 1.82) is 0 Å². The van der Waals surface area contributed by atoms with E-state index in [-0.39, 0.29) is 30.1 Å². The fraction of sp³-hybridized carbons (Fsp3) is 0.440. The van der Waals surface area contributed by atoms with Gasteiger partial charge in [0, 0.05) is 31.1 Å². The van der Waals surface area contributed by atoms with E-state index in [1.807, 2.05) is 0 Å². The third-order valence-electron chi connectivity index (χ3n) is 6.76. The van der Waals surface area contributed by atoms with Gasteiger partial charge in [-0.3, -0.25) is 4.90 Å². The van der Waals surface area contributed by atoms with Gasteiger partial charge in [0.15, 0.2) is 0 Å². The van der Waals surface area contributed by atoms with Gasteiger partial charge in [-0.25, -0.2) is 23.1 Å². The van der Waals surface area contributed by atoms with Crippen molar-refractivity contribution in [2.45, 2.75) is 44.6 Å². The van der Waals surface area contributed by atoms with Crippen molar-refractivity contribution in [3.63, 3.8) is 0 Å². The van der Waals surface area contributed by atoms with Crippen LogP contribution in [0.25, 0.3) is 0 Å². The molecule has 0 N–H and O–H groups in total. The first kappa shape index (κ1) is 22.4. The Labute approximate surface area is 196 Å². The normalized spacial score (nSPS) is 22.3. The standard InChI is InChI=1S/C25H26ClF3N4/c1-2-16-3-5-17(6-4-16)11-32-12-20(18-7-9-19(27)10-8-18)22-21(13-32)23(31-24(26)30-22)33-14-25(28,29)15-33/h3,5,7-10,20H,2,4,6,11-15H2,1H3. The Morgan fingerprint density at radius 3 is 2.39 bits per heavy atom. The minimum atomic E-state index is -2.72. The maximum Gasteiger partial charge on any atom is 0.282 e. The predicted molar refractivity (Wildman–Crippen MR) is 123 cm³/mol. The number of alkyl halides is 2.